The van der Waals surface area contributed by atoms with E-state index in [9.17, 15) is 4.79 Å². The lowest BCUT2D eigenvalue weighted by atomic mass is 10.3. The molecule has 1 N–H and O–H groups in total. The summed E-state index contributed by atoms with van der Waals surface area (Å²) in [7, 11) is 0. The summed E-state index contributed by atoms with van der Waals surface area (Å²) in [4.78, 5) is 16.7. The molecule has 1 aliphatic heterocycles. The van der Waals surface area contributed by atoms with Gasteiger partial charge in [0.05, 0.1) is 0 Å². The number of hydrogen-bond acceptors (Lipinski definition) is 7. The van der Waals surface area contributed by atoms with Crippen molar-refractivity contribution in [2.45, 2.75) is 13.8 Å². The van der Waals surface area contributed by atoms with E-state index >= 15 is 0 Å². The van der Waals surface area contributed by atoms with Crippen molar-refractivity contribution in [3.8, 4) is 0 Å². The van der Waals surface area contributed by atoms with Crippen molar-refractivity contribution in [3.05, 3.63) is 29.7 Å². The molecule has 0 saturated carbocycles. The summed E-state index contributed by atoms with van der Waals surface area (Å²) in [5.41, 5.74) is 0.251. The van der Waals surface area contributed by atoms with Gasteiger partial charge in [0.2, 0.25) is 0 Å². The molecule has 2 aromatic rings. The Morgan fingerprint density at radius 2 is 2.04 bits per heavy atom. The number of amides is 1. The SMILES string of the molecule is CCN1CCN(c2ccc(C(=O)Nc3cc(C)on3)nn2)CC1. The summed E-state index contributed by atoms with van der Waals surface area (Å²) in [5.74, 6) is 1.45. The van der Waals surface area contributed by atoms with Gasteiger partial charge >= 0.3 is 0 Å². The van der Waals surface area contributed by atoms with Gasteiger partial charge in [0, 0.05) is 32.2 Å². The Hall–Kier alpha value is -2.48. The van der Waals surface area contributed by atoms with Crippen LogP contribution in [0.15, 0.2) is 22.7 Å². The minimum absolute atomic E-state index is 0.251. The maximum atomic E-state index is 12.1. The maximum Gasteiger partial charge on any atom is 0.277 e. The third-order valence-electron chi connectivity index (χ3n) is 3.90. The maximum absolute atomic E-state index is 12.1. The topological polar surface area (TPSA) is 87.4 Å². The average molecular weight is 316 g/mol. The molecule has 122 valence electrons. The van der Waals surface area contributed by atoms with Crippen LogP contribution in [0.5, 0.6) is 0 Å². The zero-order valence-electron chi connectivity index (χ0n) is 13.3. The van der Waals surface area contributed by atoms with Crippen molar-refractivity contribution in [2.24, 2.45) is 0 Å². The summed E-state index contributed by atoms with van der Waals surface area (Å²) >= 11 is 0. The molecule has 1 amide bonds. The Bertz CT molecular complexity index is 661. The van der Waals surface area contributed by atoms with Crippen LogP contribution in [0.3, 0.4) is 0 Å². The number of nitrogens with one attached hydrogen (secondary N) is 1. The number of anilines is 2. The van der Waals surface area contributed by atoms with Gasteiger partial charge < -0.3 is 19.6 Å². The lowest BCUT2D eigenvalue weighted by molar-refractivity contribution is 0.102. The second-order valence-corrected chi connectivity index (χ2v) is 5.48. The summed E-state index contributed by atoms with van der Waals surface area (Å²) in [6, 6.07) is 5.15. The number of likely N-dealkylation sites (N-methyl/N-ethyl adjacent to an activating group) is 1. The van der Waals surface area contributed by atoms with E-state index in [2.05, 4.69) is 37.4 Å². The van der Waals surface area contributed by atoms with Crippen molar-refractivity contribution in [3.63, 3.8) is 0 Å². The van der Waals surface area contributed by atoms with Crippen LogP contribution >= 0.6 is 0 Å². The zero-order chi connectivity index (χ0) is 16.2. The first-order valence-electron chi connectivity index (χ1n) is 7.71. The van der Waals surface area contributed by atoms with Crippen LogP contribution in [0.4, 0.5) is 11.6 Å². The summed E-state index contributed by atoms with van der Waals surface area (Å²) in [6.45, 7) is 8.88. The van der Waals surface area contributed by atoms with E-state index < -0.39 is 0 Å². The van der Waals surface area contributed by atoms with Gasteiger partial charge in [-0.3, -0.25) is 4.79 Å². The van der Waals surface area contributed by atoms with Crippen LogP contribution in [0.1, 0.15) is 23.2 Å². The molecule has 0 radical (unpaired) electrons. The van der Waals surface area contributed by atoms with Crippen LogP contribution in [-0.2, 0) is 0 Å². The van der Waals surface area contributed by atoms with Crippen molar-refractivity contribution in [1.29, 1.82) is 0 Å². The first-order valence-corrected chi connectivity index (χ1v) is 7.71. The summed E-state index contributed by atoms with van der Waals surface area (Å²) < 4.78 is 4.91. The highest BCUT2D eigenvalue weighted by molar-refractivity contribution is 6.02. The van der Waals surface area contributed by atoms with Gasteiger partial charge in [0.25, 0.3) is 5.91 Å². The van der Waals surface area contributed by atoms with Crippen LogP contribution < -0.4 is 10.2 Å². The molecule has 0 spiro atoms. The second-order valence-electron chi connectivity index (χ2n) is 5.48. The third kappa shape index (κ3) is 3.65. The molecule has 0 bridgehead atoms. The largest absolute Gasteiger partial charge is 0.360 e. The van der Waals surface area contributed by atoms with Crippen LogP contribution in [0.2, 0.25) is 0 Å². The highest BCUT2D eigenvalue weighted by Crippen LogP contribution is 2.13. The Kier molecular flexibility index (Phi) is 4.52. The number of carbonyl (C=O) groups excluding carboxylic acids is 1. The van der Waals surface area contributed by atoms with E-state index in [0.29, 0.717) is 11.6 Å². The Balaban J connectivity index is 1.61. The van der Waals surface area contributed by atoms with Gasteiger partial charge in [-0.2, -0.15) is 0 Å². The Morgan fingerprint density at radius 3 is 2.61 bits per heavy atom. The van der Waals surface area contributed by atoms with E-state index in [-0.39, 0.29) is 11.6 Å². The summed E-state index contributed by atoms with van der Waals surface area (Å²) in [5, 5.41) is 14.5. The van der Waals surface area contributed by atoms with Gasteiger partial charge in [0.15, 0.2) is 17.3 Å². The first-order chi connectivity index (χ1) is 11.2. The molecule has 0 aliphatic carbocycles. The zero-order valence-corrected chi connectivity index (χ0v) is 13.3. The predicted molar refractivity (Wildman–Crippen MR) is 85.6 cm³/mol. The summed E-state index contributed by atoms with van der Waals surface area (Å²) in [6.07, 6.45) is 0. The molecule has 2 aromatic heterocycles. The number of piperazine rings is 1. The van der Waals surface area contributed by atoms with Gasteiger partial charge in [-0.05, 0) is 25.6 Å². The monoisotopic (exact) mass is 316 g/mol. The highest BCUT2D eigenvalue weighted by Gasteiger charge is 2.18. The molecule has 23 heavy (non-hydrogen) atoms. The highest BCUT2D eigenvalue weighted by atomic mass is 16.5. The number of carbonyl (C=O) groups is 1. The number of aryl methyl sites for hydroxylation is 1. The van der Waals surface area contributed by atoms with E-state index in [1.54, 1.807) is 19.1 Å². The lowest BCUT2D eigenvalue weighted by Gasteiger charge is -2.34. The first kappa shape index (κ1) is 15.4. The molecule has 1 fully saturated rings. The number of aromatic nitrogens is 3. The Labute approximate surface area is 134 Å². The quantitative estimate of drug-likeness (QED) is 0.905. The van der Waals surface area contributed by atoms with Crippen molar-refractivity contribution in [2.75, 3.05) is 42.9 Å². The molecule has 1 aliphatic rings. The van der Waals surface area contributed by atoms with E-state index in [1.807, 2.05) is 6.07 Å². The van der Waals surface area contributed by atoms with Gasteiger partial charge in [-0.15, -0.1) is 10.2 Å². The van der Waals surface area contributed by atoms with Crippen molar-refractivity contribution in [1.82, 2.24) is 20.3 Å². The second kappa shape index (κ2) is 6.74. The molecule has 1 saturated heterocycles. The minimum atomic E-state index is -0.354. The van der Waals surface area contributed by atoms with Gasteiger partial charge in [-0.1, -0.05) is 12.1 Å². The molecular weight excluding hydrogens is 296 g/mol. The molecule has 0 atom stereocenters. The average Bonchev–Trinajstić information content (AvgIpc) is 3.00. The molecular formula is C15H20N6O2. The van der Waals surface area contributed by atoms with Crippen molar-refractivity contribution < 1.29 is 9.32 Å². The standard InChI is InChI=1S/C15H20N6O2/c1-3-20-6-8-21(9-7-20)14-5-4-12(17-18-14)15(22)16-13-10-11(2)23-19-13/h4-5,10H,3,6-9H2,1-2H3,(H,16,19,22). The minimum Gasteiger partial charge on any atom is -0.360 e. The lowest BCUT2D eigenvalue weighted by Crippen LogP contribution is -2.46. The van der Waals surface area contributed by atoms with Crippen molar-refractivity contribution >= 4 is 17.5 Å². The van der Waals surface area contributed by atoms with Crippen LogP contribution in [-0.4, -0.2) is 58.9 Å². The fraction of sp³-hybridized carbons (Fsp3) is 0.467. The predicted octanol–water partition coefficient (Wildman–Crippen LogP) is 1.17. The van der Waals surface area contributed by atoms with Crippen LogP contribution in [0, 0.1) is 6.92 Å². The van der Waals surface area contributed by atoms with E-state index in [0.717, 1.165) is 38.5 Å². The Morgan fingerprint density at radius 1 is 1.26 bits per heavy atom. The smallest absolute Gasteiger partial charge is 0.277 e. The van der Waals surface area contributed by atoms with Crippen LogP contribution in [0.25, 0.3) is 0 Å². The number of rotatable bonds is 4. The van der Waals surface area contributed by atoms with Gasteiger partial charge in [-0.25, -0.2) is 0 Å². The molecule has 8 heteroatoms. The van der Waals surface area contributed by atoms with E-state index in [1.165, 1.54) is 0 Å². The molecule has 3 rings (SSSR count). The molecule has 3 heterocycles. The fourth-order valence-corrected chi connectivity index (χ4v) is 2.51. The fourth-order valence-electron chi connectivity index (χ4n) is 2.51. The number of nitrogens with zero attached hydrogens (tertiary/aromatic N) is 5. The van der Waals surface area contributed by atoms with Gasteiger partial charge in [0.1, 0.15) is 5.76 Å². The molecule has 0 unspecified atom stereocenters. The molecule has 0 aromatic carbocycles. The third-order valence-corrected chi connectivity index (χ3v) is 3.90. The number of hydrogen-bond donors (Lipinski definition) is 1. The normalized spacial score (nSPS) is 15.7. The molecule has 8 nitrogen and oxygen atoms in total. The van der Waals surface area contributed by atoms with E-state index in [4.69, 9.17) is 4.52 Å².